The second-order valence-electron chi connectivity index (χ2n) is 2.13. The number of ketones is 1. The largest absolute Gasteiger partial charge is 0.478 e. The van der Waals surface area contributed by atoms with Gasteiger partial charge in [-0.3, -0.25) is 4.79 Å². The molecule has 0 heterocycles. The van der Waals surface area contributed by atoms with Gasteiger partial charge in [0.1, 0.15) is 0 Å². The van der Waals surface area contributed by atoms with Gasteiger partial charge >= 0.3 is 5.97 Å². The first-order valence-electron chi connectivity index (χ1n) is 3.50. The summed E-state index contributed by atoms with van der Waals surface area (Å²) in [4.78, 5) is 21.3. The van der Waals surface area contributed by atoms with Crippen LogP contribution in [0.15, 0.2) is 11.6 Å². The second kappa shape index (κ2) is 5.45. The van der Waals surface area contributed by atoms with Crippen molar-refractivity contribution in [3.8, 4) is 0 Å². The Labute approximate surface area is 70.0 Å². The van der Waals surface area contributed by atoms with E-state index in [2.05, 4.69) is 0 Å². The predicted octanol–water partition coefficient (Wildman–Crippen LogP) is -1.13. The Bertz CT molecular complexity index is 211. The highest BCUT2D eigenvalue weighted by atomic mass is 16.4. The molecule has 68 valence electrons. The Morgan fingerprint density at radius 2 is 1.92 bits per heavy atom. The zero-order chi connectivity index (χ0) is 9.56. The average Bonchev–Trinajstić information content (AvgIpc) is 2.04. The highest BCUT2D eigenvalue weighted by Crippen LogP contribution is 1.97. The van der Waals surface area contributed by atoms with E-state index in [9.17, 15) is 9.59 Å². The first kappa shape index (κ1) is 10.8. The van der Waals surface area contributed by atoms with Crippen LogP contribution < -0.4 is 11.5 Å². The lowest BCUT2D eigenvalue weighted by Gasteiger charge is -1.97. The maximum absolute atomic E-state index is 10.8. The molecule has 0 rings (SSSR count). The van der Waals surface area contributed by atoms with Crippen molar-refractivity contribution in [3.05, 3.63) is 11.6 Å². The number of carboxylic acid groups (broad SMARTS) is 1. The van der Waals surface area contributed by atoms with Gasteiger partial charge in [0.25, 0.3) is 0 Å². The maximum Gasteiger partial charge on any atom is 0.339 e. The summed E-state index contributed by atoms with van der Waals surface area (Å²) in [6.07, 6.45) is 1.66. The predicted molar refractivity (Wildman–Crippen MR) is 43.5 cm³/mol. The van der Waals surface area contributed by atoms with Crippen molar-refractivity contribution < 1.29 is 14.7 Å². The number of carbonyl (C=O) groups excluding carboxylic acids is 1. The molecule has 0 aliphatic heterocycles. The van der Waals surface area contributed by atoms with Gasteiger partial charge in [-0.25, -0.2) is 4.79 Å². The van der Waals surface area contributed by atoms with Crippen LogP contribution in [0.2, 0.25) is 0 Å². The number of hydrogen-bond acceptors (Lipinski definition) is 4. The molecule has 0 aromatic rings. The van der Waals surface area contributed by atoms with E-state index in [1.54, 1.807) is 0 Å². The van der Waals surface area contributed by atoms with Crippen molar-refractivity contribution in [2.24, 2.45) is 11.5 Å². The van der Waals surface area contributed by atoms with Crippen LogP contribution in [0.5, 0.6) is 0 Å². The maximum atomic E-state index is 10.8. The molecule has 0 saturated heterocycles. The van der Waals surface area contributed by atoms with Crippen LogP contribution >= 0.6 is 0 Å². The molecule has 12 heavy (non-hydrogen) atoms. The molecule has 0 unspecified atom stereocenters. The van der Waals surface area contributed by atoms with Crippen molar-refractivity contribution in [2.45, 2.75) is 6.42 Å². The summed E-state index contributed by atoms with van der Waals surface area (Å²) >= 11 is 0. The van der Waals surface area contributed by atoms with Crippen LogP contribution in [0.25, 0.3) is 0 Å². The molecule has 0 atom stereocenters. The van der Waals surface area contributed by atoms with Crippen LogP contribution in [0.3, 0.4) is 0 Å². The Morgan fingerprint density at radius 3 is 2.25 bits per heavy atom. The number of hydrogen-bond donors (Lipinski definition) is 3. The summed E-state index contributed by atoms with van der Waals surface area (Å²) < 4.78 is 0. The lowest BCUT2D eigenvalue weighted by Crippen LogP contribution is -2.21. The summed E-state index contributed by atoms with van der Waals surface area (Å²) in [5, 5.41) is 8.52. The van der Waals surface area contributed by atoms with Gasteiger partial charge in [-0.15, -0.1) is 0 Å². The van der Waals surface area contributed by atoms with E-state index in [-0.39, 0.29) is 12.1 Å². The van der Waals surface area contributed by atoms with Gasteiger partial charge in [-0.2, -0.15) is 0 Å². The van der Waals surface area contributed by atoms with E-state index < -0.39 is 11.8 Å². The smallest absolute Gasteiger partial charge is 0.339 e. The van der Waals surface area contributed by atoms with Gasteiger partial charge in [-0.1, -0.05) is 6.08 Å². The van der Waals surface area contributed by atoms with E-state index in [0.717, 1.165) is 0 Å². The molecule has 0 aromatic carbocycles. The van der Waals surface area contributed by atoms with Gasteiger partial charge in [0.05, 0.1) is 12.1 Å². The molecule has 5 N–H and O–H groups in total. The number of aliphatic carboxylic acids is 1. The van der Waals surface area contributed by atoms with Crippen molar-refractivity contribution in [2.75, 3.05) is 13.1 Å². The number of carbonyl (C=O) groups is 2. The highest BCUT2D eigenvalue weighted by molar-refractivity contribution is 6.17. The molecule has 0 aromatic heterocycles. The lowest BCUT2D eigenvalue weighted by atomic mass is 10.1. The van der Waals surface area contributed by atoms with Gasteiger partial charge in [0, 0.05) is 0 Å². The van der Waals surface area contributed by atoms with Crippen molar-refractivity contribution in [1.29, 1.82) is 0 Å². The standard InChI is InChI=1S/C7H12N2O3/c8-3-1-2-5(7(11)12)6(10)4-9/h2H,1,3-4,8-9H2,(H,11,12)/b5-2-. The summed E-state index contributed by atoms with van der Waals surface area (Å²) in [5.41, 5.74) is 9.86. The Kier molecular flexibility index (Phi) is 4.91. The van der Waals surface area contributed by atoms with Crippen LogP contribution in [0.1, 0.15) is 6.42 Å². The fourth-order valence-corrected chi connectivity index (χ4v) is 0.658. The monoisotopic (exact) mass is 172 g/mol. The SMILES string of the molecule is NCC/C=C(\C(=O)O)C(=O)CN. The molecular formula is C7H12N2O3. The minimum absolute atomic E-state index is 0.275. The minimum atomic E-state index is -1.25. The quantitative estimate of drug-likeness (QED) is 0.276. The molecule has 0 aliphatic rings. The topological polar surface area (TPSA) is 106 Å². The average molecular weight is 172 g/mol. The van der Waals surface area contributed by atoms with E-state index in [1.165, 1.54) is 6.08 Å². The molecule has 0 spiro atoms. The third-order valence-corrected chi connectivity index (χ3v) is 1.23. The molecule has 5 nitrogen and oxygen atoms in total. The van der Waals surface area contributed by atoms with Crippen molar-refractivity contribution in [3.63, 3.8) is 0 Å². The Hall–Kier alpha value is -1.20. The second-order valence-corrected chi connectivity index (χ2v) is 2.13. The minimum Gasteiger partial charge on any atom is -0.478 e. The number of Topliss-reactive ketones (excluding diaryl/α,β-unsaturated/α-hetero) is 1. The number of rotatable bonds is 5. The van der Waals surface area contributed by atoms with Crippen LogP contribution in [-0.2, 0) is 9.59 Å². The molecule has 5 heteroatoms. The molecule has 0 amide bonds. The van der Waals surface area contributed by atoms with Gasteiger partial charge in [-0.05, 0) is 13.0 Å². The number of nitrogens with two attached hydrogens (primary N) is 2. The van der Waals surface area contributed by atoms with E-state index in [1.807, 2.05) is 0 Å². The normalized spacial score (nSPS) is 11.3. The first-order valence-corrected chi connectivity index (χ1v) is 3.50. The fraction of sp³-hybridized carbons (Fsp3) is 0.429. The Balaban J connectivity index is 4.43. The van der Waals surface area contributed by atoms with Crippen molar-refractivity contribution in [1.82, 2.24) is 0 Å². The first-order chi connectivity index (χ1) is 5.63. The fourth-order valence-electron chi connectivity index (χ4n) is 0.658. The molecule has 0 radical (unpaired) electrons. The van der Waals surface area contributed by atoms with E-state index in [0.29, 0.717) is 13.0 Å². The third kappa shape index (κ3) is 3.27. The van der Waals surface area contributed by atoms with E-state index in [4.69, 9.17) is 16.6 Å². The number of carboxylic acids is 1. The van der Waals surface area contributed by atoms with Crippen molar-refractivity contribution >= 4 is 11.8 Å². The van der Waals surface area contributed by atoms with Crippen LogP contribution in [0, 0.1) is 0 Å². The lowest BCUT2D eigenvalue weighted by molar-refractivity contribution is -0.134. The van der Waals surface area contributed by atoms with E-state index >= 15 is 0 Å². The summed E-state index contributed by atoms with van der Waals surface area (Å²) in [6, 6.07) is 0. The van der Waals surface area contributed by atoms with Gasteiger partial charge < -0.3 is 16.6 Å². The van der Waals surface area contributed by atoms with Gasteiger partial charge in [0.2, 0.25) is 0 Å². The van der Waals surface area contributed by atoms with Crippen LogP contribution in [0.4, 0.5) is 0 Å². The molecular weight excluding hydrogens is 160 g/mol. The zero-order valence-corrected chi connectivity index (χ0v) is 6.62. The summed E-state index contributed by atoms with van der Waals surface area (Å²) in [7, 11) is 0. The zero-order valence-electron chi connectivity index (χ0n) is 6.62. The summed E-state index contributed by atoms with van der Waals surface area (Å²) in [5.74, 6) is -1.82. The molecule has 0 bridgehead atoms. The molecule has 0 saturated carbocycles. The third-order valence-electron chi connectivity index (χ3n) is 1.23. The summed E-state index contributed by atoms with van der Waals surface area (Å²) in [6.45, 7) is 0.0251. The molecule has 0 aliphatic carbocycles. The molecule has 0 fully saturated rings. The highest BCUT2D eigenvalue weighted by Gasteiger charge is 2.14. The Morgan fingerprint density at radius 1 is 1.33 bits per heavy atom. The van der Waals surface area contributed by atoms with Gasteiger partial charge in [0.15, 0.2) is 5.78 Å². The van der Waals surface area contributed by atoms with Crippen LogP contribution in [-0.4, -0.2) is 29.9 Å².